The number of aromatic hydroxyl groups is 1. The summed E-state index contributed by atoms with van der Waals surface area (Å²) in [6, 6.07) is 6.93. The summed E-state index contributed by atoms with van der Waals surface area (Å²) in [6.07, 6.45) is 0. The smallest absolute Gasteiger partial charge is 0.223 e. The maximum atomic E-state index is 9.54. The van der Waals surface area contributed by atoms with Crippen molar-refractivity contribution in [1.29, 1.82) is 0 Å². The average Bonchev–Trinajstić information content (AvgIpc) is 2.70. The maximum Gasteiger partial charge on any atom is 0.223 e. The Labute approximate surface area is 120 Å². The van der Waals surface area contributed by atoms with Crippen LogP contribution in [0.5, 0.6) is 5.75 Å². The van der Waals surface area contributed by atoms with Gasteiger partial charge in [0.25, 0.3) is 0 Å². The Balaban J connectivity index is 2.35. The summed E-state index contributed by atoms with van der Waals surface area (Å²) >= 11 is 10.9. The minimum atomic E-state index is 0.194. The van der Waals surface area contributed by atoms with E-state index in [0.717, 1.165) is 25.9 Å². The van der Waals surface area contributed by atoms with Gasteiger partial charge in [0.05, 0.1) is 14.9 Å². The van der Waals surface area contributed by atoms with Gasteiger partial charge in [0.1, 0.15) is 11.3 Å². The van der Waals surface area contributed by atoms with E-state index in [2.05, 4.69) is 25.9 Å². The zero-order chi connectivity index (χ0) is 12.7. The van der Waals surface area contributed by atoms with E-state index in [1.165, 1.54) is 11.3 Å². The molecule has 2 aromatic heterocycles. The van der Waals surface area contributed by atoms with Gasteiger partial charge in [-0.1, -0.05) is 12.1 Å². The van der Waals surface area contributed by atoms with Crippen molar-refractivity contribution in [2.75, 3.05) is 0 Å². The molecule has 90 valence electrons. The van der Waals surface area contributed by atoms with Gasteiger partial charge in [-0.25, -0.2) is 9.97 Å². The summed E-state index contributed by atoms with van der Waals surface area (Å²) < 4.78 is 1.84. The number of halogens is 2. The molecule has 3 nitrogen and oxygen atoms in total. The van der Waals surface area contributed by atoms with E-state index in [4.69, 9.17) is 11.6 Å². The van der Waals surface area contributed by atoms with Crippen molar-refractivity contribution in [2.45, 2.75) is 0 Å². The number of benzene rings is 1. The highest BCUT2D eigenvalue weighted by Crippen LogP contribution is 2.36. The van der Waals surface area contributed by atoms with Crippen molar-refractivity contribution < 1.29 is 5.11 Å². The van der Waals surface area contributed by atoms with Crippen LogP contribution in [0.3, 0.4) is 0 Å². The van der Waals surface area contributed by atoms with Crippen LogP contribution >= 0.6 is 38.9 Å². The topological polar surface area (TPSA) is 46.0 Å². The number of rotatable bonds is 1. The summed E-state index contributed by atoms with van der Waals surface area (Å²) in [5.41, 5.74) is 2.34. The number of phenols is 1. The lowest BCUT2D eigenvalue weighted by Crippen LogP contribution is -1.88. The zero-order valence-corrected chi connectivity index (χ0v) is 12.1. The maximum absolute atomic E-state index is 9.54. The fourth-order valence-electron chi connectivity index (χ4n) is 1.71. The quantitative estimate of drug-likeness (QED) is 0.664. The lowest BCUT2D eigenvalue weighted by Gasteiger charge is -2.03. The molecule has 3 aromatic rings. The van der Waals surface area contributed by atoms with Gasteiger partial charge in [-0.2, -0.15) is 0 Å². The average molecular weight is 342 g/mol. The number of phenolic OH excluding ortho intramolecular Hbond substituents is 1. The molecule has 0 saturated heterocycles. The standard InChI is InChI=1S/C12H6BrClN2OS/c13-8-5-18-11-9(15-12(14)16-10(8)11)6-2-1-3-7(17)4-6/h1-5,17H. The van der Waals surface area contributed by atoms with E-state index in [1.807, 2.05) is 11.4 Å². The summed E-state index contributed by atoms with van der Waals surface area (Å²) in [6.45, 7) is 0. The largest absolute Gasteiger partial charge is 0.508 e. The van der Waals surface area contributed by atoms with Crippen molar-refractivity contribution in [2.24, 2.45) is 0 Å². The normalized spacial score (nSPS) is 11.0. The number of hydrogen-bond donors (Lipinski definition) is 1. The first-order chi connectivity index (χ1) is 8.65. The molecule has 0 radical (unpaired) electrons. The minimum absolute atomic E-state index is 0.194. The Morgan fingerprint density at radius 3 is 2.89 bits per heavy atom. The number of thiophene rings is 1. The number of nitrogens with zero attached hydrogens (tertiary/aromatic N) is 2. The van der Waals surface area contributed by atoms with Crippen LogP contribution in [-0.4, -0.2) is 15.1 Å². The van der Waals surface area contributed by atoms with Crippen LogP contribution in [0.25, 0.3) is 21.5 Å². The van der Waals surface area contributed by atoms with E-state index >= 15 is 0 Å². The van der Waals surface area contributed by atoms with Crippen molar-refractivity contribution in [3.8, 4) is 17.0 Å². The van der Waals surface area contributed by atoms with E-state index in [1.54, 1.807) is 18.2 Å². The predicted molar refractivity (Wildman–Crippen MR) is 77.2 cm³/mol. The molecule has 0 atom stereocenters. The van der Waals surface area contributed by atoms with Gasteiger partial charge < -0.3 is 5.11 Å². The van der Waals surface area contributed by atoms with Gasteiger partial charge in [-0.05, 0) is 39.7 Å². The number of fused-ring (bicyclic) bond motifs is 1. The molecule has 2 heterocycles. The van der Waals surface area contributed by atoms with Crippen LogP contribution in [0.15, 0.2) is 34.1 Å². The summed E-state index contributed by atoms with van der Waals surface area (Å²) in [4.78, 5) is 8.46. The molecule has 0 spiro atoms. The molecule has 3 rings (SSSR count). The molecule has 0 amide bonds. The van der Waals surface area contributed by atoms with Gasteiger partial charge >= 0.3 is 0 Å². The molecule has 0 fully saturated rings. The van der Waals surface area contributed by atoms with Gasteiger partial charge in [-0.15, -0.1) is 11.3 Å². The lowest BCUT2D eigenvalue weighted by molar-refractivity contribution is 0.475. The Morgan fingerprint density at radius 2 is 2.11 bits per heavy atom. The Bertz CT molecular complexity index is 744. The molecule has 1 N–H and O–H groups in total. The summed E-state index contributed by atoms with van der Waals surface area (Å²) in [5, 5.41) is 11.7. The second kappa shape index (κ2) is 4.50. The molecule has 0 aliphatic carbocycles. The molecule has 0 bridgehead atoms. The van der Waals surface area contributed by atoms with Crippen LogP contribution in [-0.2, 0) is 0 Å². The van der Waals surface area contributed by atoms with Gasteiger partial charge in [0.2, 0.25) is 5.28 Å². The summed E-state index contributed by atoms with van der Waals surface area (Å²) in [7, 11) is 0. The molecular weight excluding hydrogens is 336 g/mol. The molecule has 0 unspecified atom stereocenters. The molecular formula is C12H6BrClN2OS. The third kappa shape index (κ3) is 1.98. The fraction of sp³-hybridized carbons (Fsp3) is 0. The zero-order valence-electron chi connectivity index (χ0n) is 8.89. The highest BCUT2D eigenvalue weighted by molar-refractivity contribution is 9.10. The highest BCUT2D eigenvalue weighted by atomic mass is 79.9. The van der Waals surface area contributed by atoms with Crippen molar-refractivity contribution in [3.05, 3.63) is 39.4 Å². The van der Waals surface area contributed by atoms with E-state index in [9.17, 15) is 5.11 Å². The first-order valence-corrected chi connectivity index (χ1v) is 7.10. The molecule has 1 aromatic carbocycles. The fourth-order valence-corrected chi connectivity index (χ4v) is 3.45. The van der Waals surface area contributed by atoms with Gasteiger partial charge in [0.15, 0.2) is 0 Å². The van der Waals surface area contributed by atoms with Crippen LogP contribution < -0.4 is 0 Å². The summed E-state index contributed by atoms with van der Waals surface area (Å²) in [5.74, 6) is 0.200. The van der Waals surface area contributed by atoms with Gasteiger partial charge in [0, 0.05) is 10.9 Å². The van der Waals surface area contributed by atoms with E-state index < -0.39 is 0 Å². The van der Waals surface area contributed by atoms with Gasteiger partial charge in [-0.3, -0.25) is 0 Å². The molecule has 0 saturated carbocycles. The van der Waals surface area contributed by atoms with Crippen molar-refractivity contribution in [3.63, 3.8) is 0 Å². The van der Waals surface area contributed by atoms with Crippen molar-refractivity contribution in [1.82, 2.24) is 9.97 Å². The highest BCUT2D eigenvalue weighted by Gasteiger charge is 2.13. The molecule has 0 aliphatic heterocycles. The SMILES string of the molecule is Oc1cccc(-c2nc(Cl)nc3c(Br)csc23)c1. The lowest BCUT2D eigenvalue weighted by atomic mass is 10.1. The molecule has 18 heavy (non-hydrogen) atoms. The Morgan fingerprint density at radius 1 is 1.28 bits per heavy atom. The monoisotopic (exact) mass is 340 g/mol. The minimum Gasteiger partial charge on any atom is -0.508 e. The third-order valence-corrected chi connectivity index (χ3v) is 4.52. The van der Waals surface area contributed by atoms with Crippen LogP contribution in [0.1, 0.15) is 0 Å². The van der Waals surface area contributed by atoms with Crippen LogP contribution in [0.4, 0.5) is 0 Å². The second-order valence-corrected chi connectivity index (χ2v) is 5.72. The van der Waals surface area contributed by atoms with Crippen LogP contribution in [0, 0.1) is 0 Å². The van der Waals surface area contributed by atoms with Crippen LogP contribution in [0.2, 0.25) is 5.28 Å². The first kappa shape index (κ1) is 11.9. The first-order valence-electron chi connectivity index (χ1n) is 5.05. The molecule has 0 aliphatic rings. The second-order valence-electron chi connectivity index (χ2n) is 3.65. The predicted octanol–water partition coefficient (Wildman–Crippen LogP) is 4.48. The van der Waals surface area contributed by atoms with E-state index in [0.29, 0.717) is 0 Å². The third-order valence-electron chi connectivity index (χ3n) is 2.46. The number of hydrogen-bond acceptors (Lipinski definition) is 4. The Kier molecular flexibility index (Phi) is 2.97. The van der Waals surface area contributed by atoms with Crippen molar-refractivity contribution >= 4 is 49.1 Å². The van der Waals surface area contributed by atoms with E-state index in [-0.39, 0.29) is 11.0 Å². The Hall–Kier alpha value is -1.17. The molecule has 6 heteroatoms. The number of aromatic nitrogens is 2.